The molecule has 5 rings (SSSR count). The van der Waals surface area contributed by atoms with Gasteiger partial charge in [0.2, 0.25) is 5.91 Å². The lowest BCUT2D eigenvalue weighted by molar-refractivity contribution is -0.121. The zero-order valence-corrected chi connectivity index (χ0v) is 13.7. The van der Waals surface area contributed by atoms with Gasteiger partial charge in [0.25, 0.3) is 5.56 Å². The largest absolute Gasteiger partial charge is 0.505 e. The van der Waals surface area contributed by atoms with Crippen LogP contribution < -0.4 is 11.3 Å². The summed E-state index contributed by atoms with van der Waals surface area (Å²) in [7, 11) is 0. The van der Waals surface area contributed by atoms with E-state index in [2.05, 4.69) is 4.98 Å². The van der Waals surface area contributed by atoms with Crippen molar-refractivity contribution < 1.29 is 9.90 Å². The van der Waals surface area contributed by atoms with Crippen LogP contribution in [0.4, 0.5) is 0 Å². The Hall–Kier alpha value is -3.54. The number of hydrogen-bond donors (Lipinski definition) is 3. The lowest BCUT2D eigenvalue weighted by Gasteiger charge is -2.27. The molecule has 2 aromatic carbocycles. The highest BCUT2D eigenvalue weighted by atomic mass is 16.3. The first kappa shape index (κ1) is 14.8. The summed E-state index contributed by atoms with van der Waals surface area (Å²) in [5, 5.41) is 12.7. The van der Waals surface area contributed by atoms with Crippen molar-refractivity contribution >= 4 is 27.6 Å². The van der Waals surface area contributed by atoms with Crippen LogP contribution in [0.15, 0.2) is 53.3 Å². The van der Waals surface area contributed by atoms with Gasteiger partial charge < -0.3 is 15.8 Å². The summed E-state index contributed by atoms with van der Waals surface area (Å²) in [5.41, 5.74) is 8.03. The number of nitrogens with one attached hydrogen (secondary N) is 1. The number of primary amides is 1. The average molecular weight is 345 g/mol. The number of aromatic amines is 1. The quantitative estimate of drug-likeness (QED) is 0.494. The van der Waals surface area contributed by atoms with Crippen molar-refractivity contribution in [1.82, 2.24) is 9.55 Å². The molecule has 6 nitrogen and oxygen atoms in total. The second-order valence-corrected chi connectivity index (χ2v) is 6.56. The molecule has 0 aliphatic carbocycles. The van der Waals surface area contributed by atoms with Crippen LogP contribution >= 0.6 is 0 Å². The van der Waals surface area contributed by atoms with Crippen LogP contribution in [0, 0.1) is 0 Å². The maximum Gasteiger partial charge on any atom is 0.259 e. The standard InChI is InChI=1S/C20H15N3O3/c21-19(25)15-9-13-10-5-3-4-8-14(10)22-16(13)17-18(24)11-6-1-2-7-12(11)20(26)23(15)17/h1-8,15,22,24H,9H2,(H2,21,25)/t15-/m0/s1. The highest BCUT2D eigenvalue weighted by Crippen LogP contribution is 2.43. The fourth-order valence-corrected chi connectivity index (χ4v) is 4.01. The van der Waals surface area contributed by atoms with E-state index >= 15 is 0 Å². The monoisotopic (exact) mass is 345 g/mol. The fraction of sp³-hybridized carbons (Fsp3) is 0.100. The summed E-state index contributed by atoms with van der Waals surface area (Å²) in [4.78, 5) is 28.5. The number of para-hydroxylation sites is 1. The van der Waals surface area contributed by atoms with Gasteiger partial charge in [-0.25, -0.2) is 0 Å². The molecule has 1 aliphatic heterocycles. The number of carbonyl (C=O) groups is 1. The number of pyridine rings is 1. The van der Waals surface area contributed by atoms with E-state index in [0.717, 1.165) is 16.5 Å². The number of hydrogen-bond acceptors (Lipinski definition) is 3. The van der Waals surface area contributed by atoms with Crippen molar-refractivity contribution in [1.29, 1.82) is 0 Å². The number of amides is 1. The minimum atomic E-state index is -0.847. The molecular formula is C20H15N3O3. The molecule has 26 heavy (non-hydrogen) atoms. The van der Waals surface area contributed by atoms with Crippen molar-refractivity contribution in [2.75, 3.05) is 0 Å². The van der Waals surface area contributed by atoms with Crippen molar-refractivity contribution in [2.24, 2.45) is 5.73 Å². The van der Waals surface area contributed by atoms with Crippen LogP contribution in [-0.2, 0) is 11.2 Å². The minimum absolute atomic E-state index is 0.0287. The Morgan fingerprint density at radius 3 is 2.46 bits per heavy atom. The smallest absolute Gasteiger partial charge is 0.259 e. The summed E-state index contributed by atoms with van der Waals surface area (Å²) < 4.78 is 1.33. The Bertz CT molecular complexity index is 1280. The lowest BCUT2D eigenvalue weighted by atomic mass is 9.93. The van der Waals surface area contributed by atoms with Crippen molar-refractivity contribution in [2.45, 2.75) is 12.5 Å². The van der Waals surface area contributed by atoms with E-state index in [-0.39, 0.29) is 11.3 Å². The topological polar surface area (TPSA) is 101 Å². The number of carbonyl (C=O) groups excluding carboxylic acids is 1. The Morgan fingerprint density at radius 2 is 1.73 bits per heavy atom. The molecule has 0 saturated carbocycles. The van der Waals surface area contributed by atoms with E-state index in [1.807, 2.05) is 24.3 Å². The van der Waals surface area contributed by atoms with Gasteiger partial charge in [0.05, 0.1) is 11.1 Å². The molecule has 6 heteroatoms. The van der Waals surface area contributed by atoms with E-state index in [9.17, 15) is 14.7 Å². The van der Waals surface area contributed by atoms with Crippen LogP contribution in [0.2, 0.25) is 0 Å². The molecule has 0 unspecified atom stereocenters. The third-order valence-corrected chi connectivity index (χ3v) is 5.18. The van der Waals surface area contributed by atoms with E-state index < -0.39 is 11.9 Å². The van der Waals surface area contributed by atoms with Crippen LogP contribution in [0.1, 0.15) is 11.6 Å². The predicted molar refractivity (Wildman–Crippen MR) is 99.1 cm³/mol. The van der Waals surface area contributed by atoms with Gasteiger partial charge in [-0.2, -0.15) is 0 Å². The third-order valence-electron chi connectivity index (χ3n) is 5.18. The maximum absolute atomic E-state index is 13.1. The van der Waals surface area contributed by atoms with Crippen molar-refractivity contribution in [3.8, 4) is 17.1 Å². The summed E-state index contributed by atoms with van der Waals surface area (Å²) in [6.07, 6.45) is 0.305. The average Bonchev–Trinajstić information content (AvgIpc) is 3.03. The molecule has 0 saturated heterocycles. The highest BCUT2D eigenvalue weighted by molar-refractivity contribution is 5.99. The molecule has 1 amide bonds. The zero-order chi connectivity index (χ0) is 18.0. The second-order valence-electron chi connectivity index (χ2n) is 6.56. The van der Waals surface area contributed by atoms with Gasteiger partial charge in [0.15, 0.2) is 0 Å². The first-order valence-electron chi connectivity index (χ1n) is 8.33. The maximum atomic E-state index is 13.1. The molecule has 128 valence electrons. The number of nitrogens with two attached hydrogens (primary N) is 1. The van der Waals surface area contributed by atoms with E-state index in [1.54, 1.807) is 24.3 Å². The predicted octanol–water partition coefficient (Wildman–Crippen LogP) is 2.44. The van der Waals surface area contributed by atoms with Crippen LogP contribution in [0.25, 0.3) is 33.1 Å². The normalized spacial score (nSPS) is 15.8. The molecule has 4 N–H and O–H groups in total. The number of H-pyrrole nitrogens is 1. The van der Waals surface area contributed by atoms with Gasteiger partial charge in [-0.1, -0.05) is 36.4 Å². The Morgan fingerprint density at radius 1 is 1.08 bits per heavy atom. The first-order chi connectivity index (χ1) is 12.6. The van der Waals surface area contributed by atoms with E-state index in [4.69, 9.17) is 5.73 Å². The number of benzene rings is 2. The van der Waals surface area contributed by atoms with Gasteiger partial charge in [0, 0.05) is 22.7 Å². The number of fused-ring (bicyclic) bond motifs is 6. The van der Waals surface area contributed by atoms with Gasteiger partial charge in [0.1, 0.15) is 17.5 Å². The Balaban J connectivity index is 2.00. The fourth-order valence-electron chi connectivity index (χ4n) is 4.01. The molecule has 3 heterocycles. The number of aromatic hydroxyl groups is 1. The van der Waals surface area contributed by atoms with Gasteiger partial charge in [-0.05, 0) is 17.7 Å². The molecule has 1 atom stereocenters. The third kappa shape index (κ3) is 1.75. The first-order valence-corrected chi connectivity index (χ1v) is 8.33. The van der Waals surface area contributed by atoms with Gasteiger partial charge in [-0.3, -0.25) is 14.2 Å². The lowest BCUT2D eigenvalue weighted by Crippen LogP contribution is -2.38. The van der Waals surface area contributed by atoms with Crippen molar-refractivity contribution in [3.05, 3.63) is 64.4 Å². The molecule has 0 fully saturated rings. The number of rotatable bonds is 1. The summed E-state index contributed by atoms with van der Waals surface area (Å²) in [5.74, 6) is -0.627. The molecule has 1 aliphatic rings. The van der Waals surface area contributed by atoms with Crippen LogP contribution in [0.3, 0.4) is 0 Å². The molecule has 2 aromatic heterocycles. The Kier molecular flexibility index (Phi) is 2.83. The van der Waals surface area contributed by atoms with E-state index in [0.29, 0.717) is 28.6 Å². The molecular weight excluding hydrogens is 330 g/mol. The molecule has 4 aromatic rings. The molecule has 0 spiro atoms. The summed E-state index contributed by atoms with van der Waals surface area (Å²) in [6.45, 7) is 0. The Labute approximate surface area is 147 Å². The summed E-state index contributed by atoms with van der Waals surface area (Å²) >= 11 is 0. The van der Waals surface area contributed by atoms with Crippen LogP contribution in [0.5, 0.6) is 5.75 Å². The van der Waals surface area contributed by atoms with Gasteiger partial charge >= 0.3 is 0 Å². The number of nitrogens with zero attached hydrogens (tertiary/aromatic N) is 1. The molecule has 0 radical (unpaired) electrons. The van der Waals surface area contributed by atoms with Crippen LogP contribution in [-0.4, -0.2) is 20.6 Å². The minimum Gasteiger partial charge on any atom is -0.505 e. The zero-order valence-electron chi connectivity index (χ0n) is 13.7. The highest BCUT2D eigenvalue weighted by Gasteiger charge is 2.34. The van der Waals surface area contributed by atoms with E-state index in [1.165, 1.54) is 4.57 Å². The number of aromatic nitrogens is 2. The van der Waals surface area contributed by atoms with Gasteiger partial charge in [-0.15, -0.1) is 0 Å². The molecule has 0 bridgehead atoms. The summed E-state index contributed by atoms with van der Waals surface area (Å²) in [6, 6.07) is 13.7. The van der Waals surface area contributed by atoms with Crippen molar-refractivity contribution in [3.63, 3.8) is 0 Å². The SMILES string of the molecule is NC(=O)[C@@H]1Cc2c([nH]c3ccccc23)-c2c(O)c3ccccc3c(=O)n21. The second kappa shape index (κ2) is 4.98.